The first-order valence-electron chi connectivity index (χ1n) is 5.68. The quantitative estimate of drug-likeness (QED) is 0.481. The number of phenols is 1. The van der Waals surface area contributed by atoms with Gasteiger partial charge in [0, 0.05) is 0 Å². The zero-order chi connectivity index (χ0) is 13.3. The van der Waals surface area contributed by atoms with Crippen LogP contribution in [0.2, 0.25) is 0 Å². The maximum atomic E-state index is 9.89. The van der Waals surface area contributed by atoms with Gasteiger partial charge in [0.1, 0.15) is 6.10 Å². The summed E-state index contributed by atoms with van der Waals surface area (Å²) >= 11 is 0. The predicted molar refractivity (Wildman–Crippen MR) is 63.4 cm³/mol. The molecule has 0 spiro atoms. The fraction of sp³-hybridized carbons (Fsp3) is 0.500. The minimum absolute atomic E-state index is 0.0362. The number of ether oxygens (including phenoxy) is 1. The molecule has 1 aromatic carbocycles. The van der Waals surface area contributed by atoms with Crippen molar-refractivity contribution in [3.05, 3.63) is 23.8 Å². The Morgan fingerprint density at radius 1 is 1.28 bits per heavy atom. The highest BCUT2D eigenvalue weighted by molar-refractivity contribution is 5.43. The number of benzene rings is 1. The lowest BCUT2D eigenvalue weighted by Gasteiger charge is -2.17. The van der Waals surface area contributed by atoms with Gasteiger partial charge in [-0.3, -0.25) is 0 Å². The molecule has 0 amide bonds. The monoisotopic (exact) mass is 255 g/mol. The van der Waals surface area contributed by atoms with E-state index in [0.717, 1.165) is 0 Å². The summed E-state index contributed by atoms with van der Waals surface area (Å²) in [5.41, 5.74) is 0.621. The molecule has 1 fully saturated rings. The maximum Gasteiger partial charge on any atom is 0.160 e. The summed E-state index contributed by atoms with van der Waals surface area (Å²) in [5.74, 6) is 0.302. The van der Waals surface area contributed by atoms with Crippen molar-refractivity contribution in [1.82, 2.24) is 5.32 Å². The van der Waals surface area contributed by atoms with E-state index < -0.39 is 24.3 Å². The zero-order valence-electron chi connectivity index (χ0n) is 9.95. The van der Waals surface area contributed by atoms with Crippen LogP contribution in [0.3, 0.4) is 0 Å². The fourth-order valence-corrected chi connectivity index (χ4v) is 2.22. The molecule has 1 aliphatic rings. The van der Waals surface area contributed by atoms with E-state index in [0.29, 0.717) is 11.3 Å². The number of methoxy groups -OCH3 is 1. The Labute approximate surface area is 104 Å². The lowest BCUT2D eigenvalue weighted by atomic mass is 10.0. The molecule has 100 valence electrons. The molecule has 0 saturated carbocycles. The Balaban J connectivity index is 2.24. The Kier molecular flexibility index (Phi) is 3.72. The van der Waals surface area contributed by atoms with Gasteiger partial charge in [-0.1, -0.05) is 6.07 Å². The van der Waals surface area contributed by atoms with Crippen LogP contribution in [-0.2, 0) is 0 Å². The summed E-state index contributed by atoms with van der Waals surface area (Å²) in [4.78, 5) is 0. The Bertz CT molecular complexity index is 425. The lowest BCUT2D eigenvalue weighted by molar-refractivity contribution is 0.0194. The summed E-state index contributed by atoms with van der Waals surface area (Å²) in [6.45, 7) is -0.267. The molecule has 4 atom stereocenters. The molecular weight excluding hydrogens is 238 g/mol. The number of aromatic hydroxyl groups is 1. The van der Waals surface area contributed by atoms with Gasteiger partial charge in [0.05, 0.1) is 31.9 Å². The van der Waals surface area contributed by atoms with Gasteiger partial charge in [0.2, 0.25) is 0 Å². The zero-order valence-corrected chi connectivity index (χ0v) is 9.95. The van der Waals surface area contributed by atoms with E-state index in [1.165, 1.54) is 13.2 Å². The van der Waals surface area contributed by atoms with Gasteiger partial charge < -0.3 is 30.5 Å². The van der Waals surface area contributed by atoms with E-state index in [-0.39, 0.29) is 12.4 Å². The molecule has 1 aromatic rings. The average molecular weight is 255 g/mol. The summed E-state index contributed by atoms with van der Waals surface area (Å²) in [7, 11) is 1.45. The van der Waals surface area contributed by atoms with E-state index in [1.54, 1.807) is 12.1 Å². The highest BCUT2D eigenvalue weighted by Crippen LogP contribution is 2.33. The van der Waals surface area contributed by atoms with E-state index in [9.17, 15) is 15.3 Å². The van der Waals surface area contributed by atoms with Gasteiger partial charge in [-0.05, 0) is 17.7 Å². The van der Waals surface area contributed by atoms with E-state index >= 15 is 0 Å². The summed E-state index contributed by atoms with van der Waals surface area (Å²) in [6, 6.07) is 3.62. The third kappa shape index (κ3) is 2.15. The van der Waals surface area contributed by atoms with Crippen LogP contribution in [0.15, 0.2) is 18.2 Å². The Morgan fingerprint density at radius 3 is 2.50 bits per heavy atom. The smallest absolute Gasteiger partial charge is 0.160 e. The van der Waals surface area contributed by atoms with Crippen LogP contribution < -0.4 is 10.1 Å². The minimum Gasteiger partial charge on any atom is -0.504 e. The number of aliphatic hydroxyl groups is 3. The maximum absolute atomic E-state index is 9.89. The van der Waals surface area contributed by atoms with Crippen molar-refractivity contribution in [3.63, 3.8) is 0 Å². The van der Waals surface area contributed by atoms with Crippen molar-refractivity contribution < 1.29 is 25.2 Å². The number of hydrogen-bond acceptors (Lipinski definition) is 6. The van der Waals surface area contributed by atoms with Crippen LogP contribution in [-0.4, -0.2) is 52.4 Å². The molecule has 0 aromatic heterocycles. The van der Waals surface area contributed by atoms with Crippen LogP contribution in [0.4, 0.5) is 0 Å². The Hall–Kier alpha value is -1.34. The molecule has 0 aliphatic carbocycles. The largest absolute Gasteiger partial charge is 0.504 e. The van der Waals surface area contributed by atoms with Crippen LogP contribution in [0.5, 0.6) is 11.5 Å². The molecule has 5 N–H and O–H groups in total. The van der Waals surface area contributed by atoms with Crippen molar-refractivity contribution in [2.75, 3.05) is 13.7 Å². The first-order valence-corrected chi connectivity index (χ1v) is 5.68. The van der Waals surface area contributed by atoms with Gasteiger partial charge in [-0.2, -0.15) is 0 Å². The van der Waals surface area contributed by atoms with Crippen LogP contribution >= 0.6 is 0 Å². The molecule has 2 rings (SSSR count). The van der Waals surface area contributed by atoms with Crippen molar-refractivity contribution in [3.8, 4) is 11.5 Å². The van der Waals surface area contributed by atoms with Crippen molar-refractivity contribution in [2.24, 2.45) is 0 Å². The lowest BCUT2D eigenvalue weighted by Crippen LogP contribution is -2.35. The van der Waals surface area contributed by atoms with Crippen molar-refractivity contribution in [2.45, 2.75) is 24.3 Å². The summed E-state index contributed by atoms with van der Waals surface area (Å²) < 4.78 is 4.93. The van der Waals surface area contributed by atoms with Crippen LogP contribution in [0.1, 0.15) is 11.6 Å². The first-order chi connectivity index (χ1) is 8.58. The average Bonchev–Trinajstić information content (AvgIpc) is 2.66. The molecule has 1 aliphatic heterocycles. The first kappa shape index (κ1) is 13.1. The molecule has 0 radical (unpaired) electrons. The second-order valence-electron chi connectivity index (χ2n) is 4.35. The second-order valence-corrected chi connectivity index (χ2v) is 4.35. The van der Waals surface area contributed by atoms with Crippen LogP contribution in [0, 0.1) is 0 Å². The number of rotatable bonds is 3. The number of aliphatic hydroxyl groups excluding tert-OH is 3. The SMILES string of the molecule is COc1ccc([C@H]2N[C@@H](CO)[C@H](O)[C@H]2O)cc1O. The van der Waals surface area contributed by atoms with E-state index in [2.05, 4.69) is 5.32 Å². The van der Waals surface area contributed by atoms with Crippen LogP contribution in [0.25, 0.3) is 0 Å². The van der Waals surface area contributed by atoms with E-state index in [4.69, 9.17) is 9.84 Å². The van der Waals surface area contributed by atoms with Gasteiger partial charge in [0.15, 0.2) is 11.5 Å². The highest BCUT2D eigenvalue weighted by Gasteiger charge is 2.41. The minimum atomic E-state index is -1.04. The molecule has 6 nitrogen and oxygen atoms in total. The molecule has 6 heteroatoms. The highest BCUT2D eigenvalue weighted by atomic mass is 16.5. The number of hydrogen-bond donors (Lipinski definition) is 5. The summed E-state index contributed by atoms with van der Waals surface area (Å²) in [5, 5.41) is 41.2. The van der Waals surface area contributed by atoms with Gasteiger partial charge in [0.25, 0.3) is 0 Å². The Morgan fingerprint density at radius 2 is 2.00 bits per heavy atom. The second kappa shape index (κ2) is 5.11. The van der Waals surface area contributed by atoms with E-state index in [1.807, 2.05) is 0 Å². The third-order valence-corrected chi connectivity index (χ3v) is 3.26. The molecule has 1 heterocycles. The predicted octanol–water partition coefficient (Wildman–Crippen LogP) is -0.872. The normalized spacial score (nSPS) is 31.6. The van der Waals surface area contributed by atoms with Gasteiger partial charge >= 0.3 is 0 Å². The summed E-state index contributed by atoms with van der Waals surface area (Å²) in [6.07, 6.45) is -2.07. The topological polar surface area (TPSA) is 102 Å². The van der Waals surface area contributed by atoms with Crippen molar-refractivity contribution >= 4 is 0 Å². The molecule has 18 heavy (non-hydrogen) atoms. The van der Waals surface area contributed by atoms with Gasteiger partial charge in [-0.25, -0.2) is 0 Å². The third-order valence-electron chi connectivity index (χ3n) is 3.26. The number of phenolic OH excluding ortho intramolecular Hbond substituents is 1. The van der Waals surface area contributed by atoms with Crippen molar-refractivity contribution in [1.29, 1.82) is 0 Å². The molecule has 0 unspecified atom stereocenters. The molecule has 0 bridgehead atoms. The number of nitrogens with one attached hydrogen (secondary N) is 1. The fourth-order valence-electron chi connectivity index (χ4n) is 2.22. The standard InChI is InChI=1S/C12H17NO5/c1-18-9-3-2-6(4-8(9)15)10-12(17)11(16)7(5-14)13-10/h2-4,7,10-17H,5H2,1H3/t7-,10+,11-,12-/m0/s1. The van der Waals surface area contributed by atoms with Gasteiger partial charge in [-0.15, -0.1) is 0 Å². The molecular formula is C12H17NO5. The molecule has 1 saturated heterocycles.